The van der Waals surface area contributed by atoms with E-state index < -0.39 is 0 Å². The molecule has 1 N–H and O–H groups in total. The van der Waals surface area contributed by atoms with Crippen LogP contribution in [0.2, 0.25) is 0 Å². The second kappa shape index (κ2) is 5.35. The van der Waals surface area contributed by atoms with E-state index in [4.69, 9.17) is 4.74 Å². The van der Waals surface area contributed by atoms with Gasteiger partial charge in [-0.3, -0.25) is 0 Å². The lowest BCUT2D eigenvalue weighted by Gasteiger charge is -2.23. The maximum absolute atomic E-state index is 5.92. The van der Waals surface area contributed by atoms with E-state index >= 15 is 0 Å². The zero-order valence-corrected chi connectivity index (χ0v) is 10.3. The van der Waals surface area contributed by atoms with Crippen molar-refractivity contribution in [3.05, 3.63) is 29.3 Å². The zero-order valence-electron chi connectivity index (χ0n) is 10.3. The van der Waals surface area contributed by atoms with Crippen LogP contribution in [0.1, 0.15) is 24.0 Å². The minimum absolute atomic E-state index is 0.675. The van der Waals surface area contributed by atoms with Crippen molar-refractivity contribution >= 4 is 0 Å². The molecule has 88 valence electrons. The van der Waals surface area contributed by atoms with Gasteiger partial charge in [-0.05, 0) is 50.4 Å². The van der Waals surface area contributed by atoms with Crippen molar-refractivity contribution in [2.75, 3.05) is 19.7 Å². The van der Waals surface area contributed by atoms with E-state index in [0.29, 0.717) is 5.92 Å². The van der Waals surface area contributed by atoms with Gasteiger partial charge in [-0.2, -0.15) is 0 Å². The van der Waals surface area contributed by atoms with Gasteiger partial charge >= 0.3 is 0 Å². The maximum atomic E-state index is 5.92. The third-order valence-corrected chi connectivity index (χ3v) is 3.22. The Hall–Kier alpha value is -1.02. The van der Waals surface area contributed by atoms with E-state index in [2.05, 4.69) is 37.4 Å². The first kappa shape index (κ1) is 11.5. The standard InChI is InChI=1S/C14H21NO/c1-11-5-6-12(2)14(8-11)16-10-13-4-3-7-15-9-13/h5-6,8,13,15H,3-4,7,9-10H2,1-2H3/t13-/m0/s1. The average Bonchev–Trinajstić information content (AvgIpc) is 2.32. The second-order valence-electron chi connectivity index (χ2n) is 4.79. The first-order valence-corrected chi connectivity index (χ1v) is 6.16. The lowest BCUT2D eigenvalue weighted by molar-refractivity contribution is 0.217. The van der Waals surface area contributed by atoms with Crippen LogP contribution in [0.3, 0.4) is 0 Å². The number of piperidine rings is 1. The molecule has 2 heteroatoms. The molecule has 1 fully saturated rings. The third-order valence-electron chi connectivity index (χ3n) is 3.22. The van der Waals surface area contributed by atoms with E-state index in [0.717, 1.165) is 18.9 Å². The van der Waals surface area contributed by atoms with Crippen molar-refractivity contribution in [3.8, 4) is 5.75 Å². The van der Waals surface area contributed by atoms with Gasteiger partial charge in [-0.15, -0.1) is 0 Å². The monoisotopic (exact) mass is 219 g/mol. The zero-order chi connectivity index (χ0) is 11.4. The summed E-state index contributed by atoms with van der Waals surface area (Å²) >= 11 is 0. The number of benzene rings is 1. The molecule has 0 amide bonds. The predicted molar refractivity (Wildman–Crippen MR) is 67.0 cm³/mol. The summed E-state index contributed by atoms with van der Waals surface area (Å²) in [5.74, 6) is 1.72. The SMILES string of the molecule is Cc1ccc(C)c(OC[C@H]2CCCNC2)c1. The fraction of sp³-hybridized carbons (Fsp3) is 0.571. The Morgan fingerprint density at radius 1 is 1.38 bits per heavy atom. The highest BCUT2D eigenvalue weighted by Crippen LogP contribution is 2.20. The van der Waals surface area contributed by atoms with E-state index in [1.165, 1.54) is 30.5 Å². The fourth-order valence-corrected chi connectivity index (χ4v) is 2.14. The Morgan fingerprint density at radius 2 is 2.25 bits per heavy atom. The van der Waals surface area contributed by atoms with Crippen LogP contribution in [0.4, 0.5) is 0 Å². The van der Waals surface area contributed by atoms with Crippen LogP contribution < -0.4 is 10.1 Å². The van der Waals surface area contributed by atoms with Gasteiger partial charge in [0, 0.05) is 12.5 Å². The van der Waals surface area contributed by atoms with Gasteiger partial charge in [0.2, 0.25) is 0 Å². The van der Waals surface area contributed by atoms with Crippen molar-refractivity contribution in [2.45, 2.75) is 26.7 Å². The quantitative estimate of drug-likeness (QED) is 0.844. The number of rotatable bonds is 3. The van der Waals surface area contributed by atoms with Gasteiger partial charge in [0.05, 0.1) is 6.61 Å². The molecule has 0 unspecified atom stereocenters. The lowest BCUT2D eigenvalue weighted by atomic mass is 10.0. The third kappa shape index (κ3) is 2.99. The van der Waals surface area contributed by atoms with Gasteiger partial charge in [-0.1, -0.05) is 12.1 Å². The van der Waals surface area contributed by atoms with Gasteiger partial charge in [-0.25, -0.2) is 0 Å². The normalized spacial score (nSPS) is 20.8. The van der Waals surface area contributed by atoms with Crippen molar-refractivity contribution in [3.63, 3.8) is 0 Å². The van der Waals surface area contributed by atoms with E-state index in [9.17, 15) is 0 Å². The second-order valence-corrected chi connectivity index (χ2v) is 4.79. The summed E-state index contributed by atoms with van der Waals surface area (Å²) in [6, 6.07) is 6.39. The summed E-state index contributed by atoms with van der Waals surface area (Å²) in [5, 5.41) is 3.42. The molecule has 1 aromatic rings. The van der Waals surface area contributed by atoms with E-state index in [-0.39, 0.29) is 0 Å². The summed E-state index contributed by atoms with van der Waals surface area (Å²) in [5.41, 5.74) is 2.50. The predicted octanol–water partition coefficient (Wildman–Crippen LogP) is 2.68. The molecule has 0 bridgehead atoms. The fourth-order valence-electron chi connectivity index (χ4n) is 2.14. The molecule has 1 saturated heterocycles. The summed E-state index contributed by atoms with van der Waals surface area (Å²) < 4.78 is 5.92. The van der Waals surface area contributed by atoms with Crippen LogP contribution in [-0.4, -0.2) is 19.7 Å². The van der Waals surface area contributed by atoms with Crippen molar-refractivity contribution in [1.29, 1.82) is 0 Å². The number of aryl methyl sites for hydroxylation is 2. The van der Waals surface area contributed by atoms with Crippen LogP contribution in [0.5, 0.6) is 5.75 Å². The van der Waals surface area contributed by atoms with Crippen LogP contribution in [0, 0.1) is 19.8 Å². The molecule has 1 atom stereocenters. The van der Waals surface area contributed by atoms with Crippen LogP contribution in [0.15, 0.2) is 18.2 Å². The molecule has 0 radical (unpaired) electrons. The van der Waals surface area contributed by atoms with Crippen molar-refractivity contribution < 1.29 is 4.74 Å². The summed E-state index contributed by atoms with van der Waals surface area (Å²) in [4.78, 5) is 0. The molecule has 1 heterocycles. The molecule has 0 aromatic heterocycles. The summed E-state index contributed by atoms with van der Waals surface area (Å²) in [6.07, 6.45) is 2.57. The molecule has 0 aliphatic carbocycles. The van der Waals surface area contributed by atoms with Crippen molar-refractivity contribution in [1.82, 2.24) is 5.32 Å². The Bertz CT molecular complexity index is 343. The minimum atomic E-state index is 0.675. The average molecular weight is 219 g/mol. The molecule has 1 aliphatic rings. The number of hydrogen-bond acceptors (Lipinski definition) is 2. The Labute approximate surface area is 98.0 Å². The molecule has 2 nitrogen and oxygen atoms in total. The lowest BCUT2D eigenvalue weighted by Crippen LogP contribution is -2.33. The Balaban J connectivity index is 1.90. The van der Waals surface area contributed by atoms with E-state index in [1.54, 1.807) is 0 Å². The smallest absolute Gasteiger partial charge is 0.122 e. The highest BCUT2D eigenvalue weighted by Gasteiger charge is 2.13. The molecule has 16 heavy (non-hydrogen) atoms. The van der Waals surface area contributed by atoms with Crippen LogP contribution in [-0.2, 0) is 0 Å². The number of hydrogen-bond donors (Lipinski definition) is 1. The van der Waals surface area contributed by atoms with E-state index in [1.807, 2.05) is 0 Å². The van der Waals surface area contributed by atoms with Gasteiger partial charge in [0.15, 0.2) is 0 Å². The van der Waals surface area contributed by atoms with Crippen LogP contribution in [0.25, 0.3) is 0 Å². The Kier molecular flexibility index (Phi) is 3.83. The summed E-state index contributed by atoms with van der Waals surface area (Å²) in [6.45, 7) is 7.32. The van der Waals surface area contributed by atoms with Crippen LogP contribution >= 0.6 is 0 Å². The molecule has 1 aliphatic heterocycles. The number of ether oxygens (including phenoxy) is 1. The highest BCUT2D eigenvalue weighted by molar-refractivity contribution is 5.35. The van der Waals surface area contributed by atoms with Gasteiger partial charge < -0.3 is 10.1 Å². The molecule has 0 saturated carbocycles. The molecule has 2 rings (SSSR count). The summed E-state index contributed by atoms with van der Waals surface area (Å²) in [7, 11) is 0. The van der Waals surface area contributed by atoms with Gasteiger partial charge in [0.25, 0.3) is 0 Å². The van der Waals surface area contributed by atoms with Gasteiger partial charge in [0.1, 0.15) is 5.75 Å². The number of nitrogens with one attached hydrogen (secondary N) is 1. The molecular formula is C14H21NO. The molecular weight excluding hydrogens is 198 g/mol. The largest absolute Gasteiger partial charge is 0.493 e. The molecule has 1 aromatic carbocycles. The van der Waals surface area contributed by atoms with Crippen molar-refractivity contribution in [2.24, 2.45) is 5.92 Å². The highest BCUT2D eigenvalue weighted by atomic mass is 16.5. The topological polar surface area (TPSA) is 21.3 Å². The molecule has 0 spiro atoms. The first-order valence-electron chi connectivity index (χ1n) is 6.16. The Morgan fingerprint density at radius 3 is 3.00 bits per heavy atom. The first-order chi connectivity index (χ1) is 7.75. The maximum Gasteiger partial charge on any atom is 0.122 e. The minimum Gasteiger partial charge on any atom is -0.493 e.